The number of carbonyl (C=O) groups is 2. The molecular formula is C25H24ClF3N6O2. The third-order valence-electron chi connectivity index (χ3n) is 5.74. The zero-order valence-electron chi connectivity index (χ0n) is 19.6. The van der Waals surface area contributed by atoms with Crippen LogP contribution < -0.4 is 16.0 Å². The fourth-order valence-electron chi connectivity index (χ4n) is 3.83. The van der Waals surface area contributed by atoms with Gasteiger partial charge in [-0.2, -0.15) is 13.2 Å². The number of benzene rings is 2. The van der Waals surface area contributed by atoms with Crippen LogP contribution in [0.4, 0.5) is 30.5 Å². The highest BCUT2D eigenvalue weighted by atomic mass is 35.5. The van der Waals surface area contributed by atoms with Crippen molar-refractivity contribution in [2.75, 3.05) is 42.1 Å². The van der Waals surface area contributed by atoms with Gasteiger partial charge in [0.25, 0.3) is 11.8 Å². The summed E-state index contributed by atoms with van der Waals surface area (Å²) >= 11 is 6.17. The summed E-state index contributed by atoms with van der Waals surface area (Å²) in [6.45, 7) is 3.82. The Labute approximate surface area is 216 Å². The van der Waals surface area contributed by atoms with E-state index in [1.165, 1.54) is 49.5 Å². The lowest BCUT2D eigenvalue weighted by molar-refractivity contribution is -0.137. The summed E-state index contributed by atoms with van der Waals surface area (Å²) in [6.07, 6.45) is 0.778. The zero-order valence-corrected chi connectivity index (χ0v) is 20.4. The lowest BCUT2D eigenvalue weighted by Gasteiger charge is -2.14. The molecule has 0 unspecified atom stereocenters. The van der Waals surface area contributed by atoms with Crippen molar-refractivity contribution in [1.82, 2.24) is 14.9 Å². The summed E-state index contributed by atoms with van der Waals surface area (Å²) in [6, 6.07) is 8.22. The molecule has 1 aliphatic rings. The number of halogens is 4. The number of nitrogens with zero attached hydrogens (tertiary/aromatic N) is 3. The monoisotopic (exact) mass is 532 g/mol. The van der Waals surface area contributed by atoms with Crippen LogP contribution in [-0.4, -0.2) is 52.9 Å². The van der Waals surface area contributed by atoms with Gasteiger partial charge in [0.2, 0.25) is 5.95 Å². The van der Waals surface area contributed by atoms with E-state index >= 15 is 0 Å². The van der Waals surface area contributed by atoms with Crippen LogP contribution in [-0.2, 0) is 6.18 Å². The van der Waals surface area contributed by atoms with Gasteiger partial charge in [0.15, 0.2) is 0 Å². The Kier molecular flexibility index (Phi) is 8.24. The van der Waals surface area contributed by atoms with Gasteiger partial charge in [-0.25, -0.2) is 9.97 Å². The summed E-state index contributed by atoms with van der Waals surface area (Å²) < 4.78 is 38.9. The number of aromatic nitrogens is 2. The lowest BCUT2D eigenvalue weighted by atomic mass is 10.1. The molecule has 1 aromatic heterocycles. The topological polar surface area (TPSA) is 99.2 Å². The first-order valence-corrected chi connectivity index (χ1v) is 11.9. The third kappa shape index (κ3) is 7.17. The van der Waals surface area contributed by atoms with Gasteiger partial charge in [0.1, 0.15) is 0 Å². The summed E-state index contributed by atoms with van der Waals surface area (Å²) in [7, 11) is 0. The van der Waals surface area contributed by atoms with Gasteiger partial charge in [-0.05, 0) is 62.3 Å². The second-order valence-electron chi connectivity index (χ2n) is 8.45. The van der Waals surface area contributed by atoms with E-state index in [1.807, 2.05) is 0 Å². The molecule has 3 N–H and O–H groups in total. The summed E-state index contributed by atoms with van der Waals surface area (Å²) in [4.78, 5) is 36.1. The largest absolute Gasteiger partial charge is 0.416 e. The zero-order chi connectivity index (χ0) is 26.4. The number of nitrogens with one attached hydrogen (secondary N) is 3. The fourth-order valence-corrected chi connectivity index (χ4v) is 4.03. The van der Waals surface area contributed by atoms with Crippen molar-refractivity contribution in [3.63, 3.8) is 0 Å². The van der Waals surface area contributed by atoms with Gasteiger partial charge in [-0.15, -0.1) is 0 Å². The predicted molar refractivity (Wildman–Crippen MR) is 135 cm³/mol. The average molecular weight is 533 g/mol. The highest BCUT2D eigenvalue weighted by molar-refractivity contribution is 6.34. The van der Waals surface area contributed by atoms with E-state index in [4.69, 9.17) is 11.6 Å². The molecule has 0 aliphatic carbocycles. The second-order valence-corrected chi connectivity index (χ2v) is 8.86. The van der Waals surface area contributed by atoms with Crippen molar-refractivity contribution in [1.29, 1.82) is 0 Å². The van der Waals surface area contributed by atoms with Crippen LogP contribution in [0.1, 0.15) is 39.1 Å². The molecule has 2 heterocycles. The number of hydrogen-bond donors (Lipinski definition) is 3. The van der Waals surface area contributed by atoms with E-state index in [-0.39, 0.29) is 21.8 Å². The molecule has 2 aromatic carbocycles. The molecule has 12 heteroatoms. The minimum absolute atomic E-state index is 0.0522. The molecule has 2 amide bonds. The molecule has 0 spiro atoms. The lowest BCUT2D eigenvalue weighted by Crippen LogP contribution is -2.26. The van der Waals surface area contributed by atoms with E-state index in [0.717, 1.165) is 37.8 Å². The molecule has 0 bridgehead atoms. The quantitative estimate of drug-likeness (QED) is 0.370. The average Bonchev–Trinajstić information content (AvgIpc) is 3.39. The van der Waals surface area contributed by atoms with Gasteiger partial charge in [-0.1, -0.05) is 17.7 Å². The minimum atomic E-state index is -4.58. The van der Waals surface area contributed by atoms with Crippen LogP contribution in [0.15, 0.2) is 54.9 Å². The molecule has 0 radical (unpaired) electrons. The highest BCUT2D eigenvalue weighted by Crippen LogP contribution is 2.30. The maximum absolute atomic E-state index is 13.0. The van der Waals surface area contributed by atoms with Gasteiger partial charge in [0.05, 0.1) is 34.2 Å². The highest BCUT2D eigenvalue weighted by Gasteiger charge is 2.31. The summed E-state index contributed by atoms with van der Waals surface area (Å²) in [5, 5.41) is 8.39. The number of anilines is 3. The molecule has 8 nitrogen and oxygen atoms in total. The summed E-state index contributed by atoms with van der Waals surface area (Å²) in [5.74, 6) is -0.894. The van der Waals surface area contributed by atoms with Crippen molar-refractivity contribution in [3.05, 3.63) is 76.6 Å². The Morgan fingerprint density at radius 1 is 0.946 bits per heavy atom. The van der Waals surface area contributed by atoms with Gasteiger partial charge in [-0.3, -0.25) is 9.59 Å². The maximum atomic E-state index is 13.0. The Morgan fingerprint density at radius 3 is 2.35 bits per heavy atom. The maximum Gasteiger partial charge on any atom is 0.416 e. The van der Waals surface area contributed by atoms with Crippen molar-refractivity contribution >= 4 is 40.7 Å². The van der Waals surface area contributed by atoms with E-state index in [1.54, 1.807) is 0 Å². The minimum Gasteiger partial charge on any atom is -0.353 e. The molecule has 37 heavy (non-hydrogen) atoms. The Morgan fingerprint density at radius 2 is 1.65 bits per heavy atom. The molecule has 4 rings (SSSR count). The van der Waals surface area contributed by atoms with Crippen molar-refractivity contribution in [2.45, 2.75) is 19.0 Å². The first-order valence-electron chi connectivity index (χ1n) is 11.6. The Balaban J connectivity index is 1.37. The fraction of sp³-hybridized carbons (Fsp3) is 0.280. The molecule has 3 aromatic rings. The number of hydrogen-bond acceptors (Lipinski definition) is 6. The van der Waals surface area contributed by atoms with Crippen LogP contribution in [0.5, 0.6) is 0 Å². The van der Waals surface area contributed by atoms with Crippen molar-refractivity contribution in [3.8, 4) is 0 Å². The van der Waals surface area contributed by atoms with Crippen molar-refractivity contribution in [2.24, 2.45) is 0 Å². The van der Waals surface area contributed by atoms with Crippen LogP contribution in [0.2, 0.25) is 5.02 Å². The van der Waals surface area contributed by atoms with E-state index in [2.05, 4.69) is 30.8 Å². The number of rotatable bonds is 8. The van der Waals surface area contributed by atoms with Gasteiger partial charge in [0, 0.05) is 24.3 Å². The molecule has 0 atom stereocenters. The van der Waals surface area contributed by atoms with Crippen LogP contribution in [0.3, 0.4) is 0 Å². The first kappa shape index (κ1) is 26.4. The normalized spacial score (nSPS) is 13.8. The Hall–Kier alpha value is -3.70. The summed E-state index contributed by atoms with van der Waals surface area (Å²) in [5.41, 5.74) is -0.542. The van der Waals surface area contributed by atoms with Gasteiger partial charge >= 0.3 is 6.18 Å². The SMILES string of the molecule is O=C(Nc1ccc(Cl)c(C(=O)Nc2cnc(NCCN3CCCC3)nc2)c1)c1cccc(C(F)(F)F)c1. The van der Waals surface area contributed by atoms with E-state index in [0.29, 0.717) is 18.2 Å². The molecular weight excluding hydrogens is 509 g/mol. The molecule has 1 saturated heterocycles. The van der Waals surface area contributed by atoms with Crippen molar-refractivity contribution < 1.29 is 22.8 Å². The number of alkyl halides is 3. The molecule has 1 aliphatic heterocycles. The Bertz CT molecular complexity index is 1260. The molecule has 194 valence electrons. The second kappa shape index (κ2) is 11.6. The number of amides is 2. The standard InChI is InChI=1S/C25H24ClF3N6O2/c26-21-7-6-18(33-22(36)16-4-3-5-17(12-16)25(27,28)29)13-20(21)23(37)34-19-14-31-24(32-15-19)30-8-11-35-9-1-2-10-35/h3-7,12-15H,1-2,8-11H2,(H,33,36)(H,34,37)(H,30,31,32). The van der Waals surface area contributed by atoms with Crippen LogP contribution in [0.25, 0.3) is 0 Å². The van der Waals surface area contributed by atoms with Crippen LogP contribution >= 0.6 is 11.6 Å². The molecule has 0 saturated carbocycles. The smallest absolute Gasteiger partial charge is 0.353 e. The van der Waals surface area contributed by atoms with Crippen LogP contribution in [0, 0.1) is 0 Å². The third-order valence-corrected chi connectivity index (χ3v) is 6.07. The van der Waals surface area contributed by atoms with Gasteiger partial charge < -0.3 is 20.9 Å². The van der Waals surface area contributed by atoms with E-state index in [9.17, 15) is 22.8 Å². The first-order chi connectivity index (χ1) is 17.7. The number of likely N-dealkylation sites (tertiary alicyclic amines) is 1. The molecule has 1 fully saturated rings. The predicted octanol–water partition coefficient (Wildman–Crippen LogP) is 5.16. The van der Waals surface area contributed by atoms with E-state index < -0.39 is 23.6 Å². The number of carbonyl (C=O) groups excluding carboxylic acids is 2.